The molecule has 0 atom stereocenters. The first kappa shape index (κ1) is 18.7. The second kappa shape index (κ2) is 7.05. The predicted octanol–water partition coefficient (Wildman–Crippen LogP) is 6.16. The van der Waals surface area contributed by atoms with E-state index in [0.29, 0.717) is 0 Å². The van der Waals surface area contributed by atoms with Crippen molar-refractivity contribution >= 4 is 27.3 Å². The van der Waals surface area contributed by atoms with Gasteiger partial charge in [0.2, 0.25) is 0 Å². The van der Waals surface area contributed by atoms with E-state index in [1.807, 2.05) is 42.6 Å². The number of imidazole rings is 1. The third kappa shape index (κ3) is 2.90. The van der Waals surface area contributed by atoms with Crippen molar-refractivity contribution in [1.82, 2.24) is 9.38 Å². The zero-order valence-electron chi connectivity index (χ0n) is 15.9. The van der Waals surface area contributed by atoms with Gasteiger partial charge in [0.05, 0.1) is 5.65 Å². The number of hydrogen-bond acceptors (Lipinski definition) is 2. The van der Waals surface area contributed by atoms with Crippen molar-refractivity contribution in [2.24, 2.45) is 0 Å². The summed E-state index contributed by atoms with van der Waals surface area (Å²) in [5, 5.41) is 3.33. The molecule has 2 aromatic heterocycles. The number of para-hydroxylation sites is 1. The van der Waals surface area contributed by atoms with E-state index in [2.05, 4.69) is 54.4 Å². The fourth-order valence-electron chi connectivity index (χ4n) is 3.92. The molecule has 0 aliphatic carbocycles. The van der Waals surface area contributed by atoms with Crippen molar-refractivity contribution in [2.45, 2.75) is 20.8 Å². The Balaban J connectivity index is 0.00000192. The molecule has 141 valence electrons. The summed E-state index contributed by atoms with van der Waals surface area (Å²) >= 11 is 0. The largest absolute Gasteiger partial charge is 0.502 e. The Bertz CT molecular complexity index is 1320. The van der Waals surface area contributed by atoms with E-state index < -0.39 is 0 Å². The van der Waals surface area contributed by atoms with Gasteiger partial charge in [0.15, 0.2) is 0 Å². The summed E-state index contributed by atoms with van der Waals surface area (Å²) < 4.78 is 8.29. The van der Waals surface area contributed by atoms with Crippen LogP contribution in [0.5, 0.6) is 11.5 Å². The summed E-state index contributed by atoms with van der Waals surface area (Å²) in [5.41, 5.74) is 5.75. The van der Waals surface area contributed by atoms with Crippen molar-refractivity contribution in [1.29, 1.82) is 0 Å². The van der Waals surface area contributed by atoms with E-state index in [9.17, 15) is 0 Å². The average Bonchev–Trinajstić information content (AvgIpc) is 3.04. The Labute approximate surface area is 177 Å². The minimum absolute atomic E-state index is 0. The van der Waals surface area contributed by atoms with Crippen molar-refractivity contribution in [2.75, 3.05) is 0 Å². The maximum Gasteiger partial charge on any atom is 0.114 e. The number of nitrogens with zero attached hydrogens (tertiary/aromatic N) is 2. The maximum absolute atomic E-state index is 6.05. The molecule has 0 aliphatic heterocycles. The number of ether oxygens (including phenoxy) is 1. The molecule has 0 unspecified atom stereocenters. The summed E-state index contributed by atoms with van der Waals surface area (Å²) in [6.07, 6.45) is 1.93. The summed E-state index contributed by atoms with van der Waals surface area (Å²) in [7, 11) is 0. The number of aryl methyl sites for hydroxylation is 3. The smallest absolute Gasteiger partial charge is 0.114 e. The molecule has 5 rings (SSSR count). The molecule has 0 amide bonds. The maximum atomic E-state index is 6.05. The van der Waals surface area contributed by atoms with Crippen LogP contribution in [0.3, 0.4) is 0 Å². The molecular formula is C24H19IrN2O-. The third-order valence-electron chi connectivity index (χ3n) is 5.01. The average molecular weight is 544 g/mol. The second-order valence-electron chi connectivity index (χ2n) is 7.08. The van der Waals surface area contributed by atoms with Crippen molar-refractivity contribution in [3.8, 4) is 11.5 Å². The first-order valence-corrected chi connectivity index (χ1v) is 9.07. The predicted molar refractivity (Wildman–Crippen MR) is 110 cm³/mol. The second-order valence-corrected chi connectivity index (χ2v) is 7.08. The van der Waals surface area contributed by atoms with Gasteiger partial charge in [-0.15, -0.1) is 12.1 Å². The molecule has 2 heterocycles. The van der Waals surface area contributed by atoms with Gasteiger partial charge < -0.3 is 9.14 Å². The zero-order chi connectivity index (χ0) is 18.5. The van der Waals surface area contributed by atoms with Gasteiger partial charge in [0.25, 0.3) is 0 Å². The standard InChI is InChI=1S/C24H19N2O.Ir/c1-15-11-16(2)23-22(12-15)21-13-19(27-18-7-5-4-6-8-18)9-10-20(21)24-25-14-17(3)26(23)24;/h4-9,11-14H,1-3H3;/q-1;. The summed E-state index contributed by atoms with van der Waals surface area (Å²) in [6, 6.07) is 21.7. The van der Waals surface area contributed by atoms with E-state index in [-0.39, 0.29) is 20.1 Å². The van der Waals surface area contributed by atoms with Gasteiger partial charge in [-0.2, -0.15) is 0 Å². The molecule has 28 heavy (non-hydrogen) atoms. The van der Waals surface area contributed by atoms with Crippen LogP contribution < -0.4 is 4.74 Å². The van der Waals surface area contributed by atoms with Crippen LogP contribution >= 0.6 is 0 Å². The molecule has 3 nitrogen and oxygen atoms in total. The first-order valence-electron chi connectivity index (χ1n) is 9.07. The molecule has 0 saturated heterocycles. The number of hydrogen-bond donors (Lipinski definition) is 0. The van der Waals surface area contributed by atoms with E-state index >= 15 is 0 Å². The molecule has 0 saturated carbocycles. The van der Waals surface area contributed by atoms with E-state index in [0.717, 1.165) is 33.6 Å². The molecule has 1 radical (unpaired) electrons. The van der Waals surface area contributed by atoms with Crippen LogP contribution in [0.1, 0.15) is 16.8 Å². The first-order chi connectivity index (χ1) is 13.1. The van der Waals surface area contributed by atoms with Crippen molar-refractivity contribution in [3.63, 3.8) is 0 Å². The van der Waals surface area contributed by atoms with Crippen LogP contribution in [-0.2, 0) is 20.1 Å². The number of pyridine rings is 1. The molecule has 4 heteroatoms. The molecule has 0 fully saturated rings. The molecule has 0 bridgehead atoms. The minimum atomic E-state index is 0. The van der Waals surface area contributed by atoms with Gasteiger partial charge in [-0.05, 0) is 43.9 Å². The topological polar surface area (TPSA) is 26.5 Å². The van der Waals surface area contributed by atoms with Crippen LogP contribution in [0.2, 0.25) is 0 Å². The van der Waals surface area contributed by atoms with Gasteiger partial charge in [-0.25, -0.2) is 0 Å². The minimum Gasteiger partial charge on any atom is -0.502 e. The Morgan fingerprint density at radius 2 is 1.71 bits per heavy atom. The van der Waals surface area contributed by atoms with E-state index in [1.54, 1.807) is 0 Å². The summed E-state index contributed by atoms with van der Waals surface area (Å²) in [4.78, 5) is 4.66. The molecule has 5 aromatic rings. The fraction of sp³-hybridized carbons (Fsp3) is 0.125. The van der Waals surface area contributed by atoms with Crippen LogP contribution in [-0.4, -0.2) is 9.38 Å². The number of fused-ring (bicyclic) bond motifs is 6. The number of rotatable bonds is 2. The molecule has 0 N–H and O–H groups in total. The van der Waals surface area contributed by atoms with Crippen LogP contribution in [0, 0.1) is 26.8 Å². The normalized spacial score (nSPS) is 11.1. The summed E-state index contributed by atoms with van der Waals surface area (Å²) in [5.74, 6) is 1.60. The van der Waals surface area contributed by atoms with Crippen LogP contribution in [0.4, 0.5) is 0 Å². The van der Waals surface area contributed by atoms with Gasteiger partial charge in [0, 0.05) is 43.3 Å². The summed E-state index contributed by atoms with van der Waals surface area (Å²) in [6.45, 7) is 6.39. The molecule has 0 spiro atoms. The Kier molecular flexibility index (Phi) is 4.70. The SMILES string of the molecule is Cc1cc(C)c2c(c1)c1cc(Oc3ccccc3)c[c-]c1c1ncc(C)n12.[Ir]. The number of benzene rings is 3. The van der Waals surface area contributed by atoms with Gasteiger partial charge in [-0.3, -0.25) is 4.98 Å². The van der Waals surface area contributed by atoms with Gasteiger partial charge in [-0.1, -0.05) is 52.7 Å². The Morgan fingerprint density at radius 1 is 0.929 bits per heavy atom. The monoisotopic (exact) mass is 544 g/mol. The van der Waals surface area contributed by atoms with Crippen molar-refractivity contribution < 1.29 is 24.8 Å². The van der Waals surface area contributed by atoms with Crippen molar-refractivity contribution in [3.05, 3.63) is 83.7 Å². The fourth-order valence-corrected chi connectivity index (χ4v) is 3.92. The van der Waals surface area contributed by atoms with Crippen LogP contribution in [0.25, 0.3) is 27.3 Å². The van der Waals surface area contributed by atoms with Gasteiger partial charge >= 0.3 is 0 Å². The van der Waals surface area contributed by atoms with Crippen LogP contribution in [0.15, 0.2) is 60.8 Å². The molecular weight excluding hydrogens is 524 g/mol. The van der Waals surface area contributed by atoms with E-state index in [1.165, 1.54) is 22.0 Å². The molecule has 0 aliphatic rings. The third-order valence-corrected chi connectivity index (χ3v) is 5.01. The molecule has 3 aromatic carbocycles. The number of aromatic nitrogens is 2. The Morgan fingerprint density at radius 3 is 2.50 bits per heavy atom. The van der Waals surface area contributed by atoms with Gasteiger partial charge in [0.1, 0.15) is 5.75 Å². The Hall–Kier alpha value is -2.68. The quantitative estimate of drug-likeness (QED) is 0.197. The van der Waals surface area contributed by atoms with E-state index in [4.69, 9.17) is 4.74 Å². The zero-order valence-corrected chi connectivity index (χ0v) is 18.3.